The molecule has 2 atom stereocenters. The Kier molecular flexibility index (Phi) is 4.90. The first kappa shape index (κ1) is 17.4. The van der Waals surface area contributed by atoms with Crippen LogP contribution >= 0.6 is 0 Å². The van der Waals surface area contributed by atoms with Crippen molar-refractivity contribution >= 4 is 5.78 Å². The van der Waals surface area contributed by atoms with Gasteiger partial charge in [0.25, 0.3) is 0 Å². The van der Waals surface area contributed by atoms with Crippen LogP contribution in [0.5, 0.6) is 0 Å². The summed E-state index contributed by atoms with van der Waals surface area (Å²) in [6.07, 6.45) is 6.51. The number of nitrogens with zero attached hydrogens (tertiary/aromatic N) is 1. The second-order valence-corrected chi connectivity index (χ2v) is 7.90. The molecule has 2 aromatic rings. The molecule has 2 bridgehead atoms. The van der Waals surface area contributed by atoms with Crippen LogP contribution in [0.2, 0.25) is 0 Å². The minimum absolute atomic E-state index is 0.116. The van der Waals surface area contributed by atoms with Gasteiger partial charge >= 0.3 is 0 Å². The van der Waals surface area contributed by atoms with Gasteiger partial charge in [-0.1, -0.05) is 36.8 Å². The molecule has 2 unspecified atom stereocenters. The molecule has 1 aliphatic heterocycles. The summed E-state index contributed by atoms with van der Waals surface area (Å²) in [6.45, 7) is 2.10. The maximum Gasteiger partial charge on any atom is 0.162 e. The lowest BCUT2D eigenvalue weighted by Crippen LogP contribution is -2.31. The summed E-state index contributed by atoms with van der Waals surface area (Å²) in [7, 11) is 0. The largest absolute Gasteiger partial charge is 0.299 e. The zero-order valence-electron chi connectivity index (χ0n) is 15.2. The summed E-state index contributed by atoms with van der Waals surface area (Å²) in [6, 6.07) is 17.5. The fourth-order valence-corrected chi connectivity index (χ4v) is 4.93. The van der Waals surface area contributed by atoms with Gasteiger partial charge in [0.1, 0.15) is 5.82 Å². The molecule has 0 amide bonds. The Morgan fingerprint density at radius 3 is 2.65 bits per heavy atom. The van der Waals surface area contributed by atoms with Crippen molar-refractivity contribution in [2.24, 2.45) is 0 Å². The lowest BCUT2D eigenvalue weighted by atomic mass is 9.71. The van der Waals surface area contributed by atoms with Crippen LogP contribution in [-0.2, 0) is 5.41 Å². The summed E-state index contributed by atoms with van der Waals surface area (Å²) in [5, 5.41) is 0. The predicted molar refractivity (Wildman–Crippen MR) is 102 cm³/mol. The minimum Gasteiger partial charge on any atom is -0.299 e. The maximum absolute atomic E-state index is 13.0. The van der Waals surface area contributed by atoms with Crippen LogP contribution in [-0.4, -0.2) is 29.8 Å². The van der Waals surface area contributed by atoms with Gasteiger partial charge in [-0.15, -0.1) is 0 Å². The Hall–Kier alpha value is -2.00. The van der Waals surface area contributed by atoms with E-state index in [0.29, 0.717) is 23.4 Å². The van der Waals surface area contributed by atoms with Crippen molar-refractivity contribution in [1.29, 1.82) is 0 Å². The molecule has 2 nitrogen and oxygen atoms in total. The highest BCUT2D eigenvalue weighted by atomic mass is 19.1. The third kappa shape index (κ3) is 3.45. The SMILES string of the molecule is O=C(CCCN1CC2(c3ccccc3)CCCC1C2)c1ccc(F)cc1. The fourth-order valence-electron chi connectivity index (χ4n) is 4.93. The number of carbonyl (C=O) groups is 1. The molecule has 1 saturated heterocycles. The van der Waals surface area contributed by atoms with Gasteiger partial charge in [0, 0.05) is 30.0 Å². The first-order valence-corrected chi connectivity index (χ1v) is 9.75. The van der Waals surface area contributed by atoms with Gasteiger partial charge in [-0.05, 0) is 62.1 Å². The van der Waals surface area contributed by atoms with Gasteiger partial charge in [-0.2, -0.15) is 0 Å². The Balaban J connectivity index is 1.36. The fraction of sp³-hybridized carbons (Fsp3) is 0.435. The van der Waals surface area contributed by atoms with Crippen LogP contribution in [0.4, 0.5) is 4.39 Å². The molecule has 1 heterocycles. The molecule has 1 saturated carbocycles. The molecule has 0 radical (unpaired) electrons. The summed E-state index contributed by atoms with van der Waals surface area (Å²) in [5.41, 5.74) is 2.41. The second kappa shape index (κ2) is 7.32. The number of benzene rings is 2. The quantitative estimate of drug-likeness (QED) is 0.684. The Bertz CT molecular complexity index is 758. The van der Waals surface area contributed by atoms with Crippen molar-refractivity contribution in [3.05, 3.63) is 71.5 Å². The number of hydrogen-bond acceptors (Lipinski definition) is 2. The molecular formula is C23H26FNO. The van der Waals surface area contributed by atoms with Crippen molar-refractivity contribution < 1.29 is 9.18 Å². The molecule has 4 rings (SSSR count). The Morgan fingerprint density at radius 1 is 1.12 bits per heavy atom. The minimum atomic E-state index is -0.294. The summed E-state index contributed by atoms with van der Waals surface area (Å²) >= 11 is 0. The number of halogens is 1. The molecule has 136 valence electrons. The molecule has 2 aliphatic rings. The molecule has 0 N–H and O–H groups in total. The third-order valence-corrected chi connectivity index (χ3v) is 6.24. The number of Topliss-reactive ketones (excluding diaryl/α,β-unsaturated/α-hetero) is 1. The molecule has 0 aromatic heterocycles. The average molecular weight is 351 g/mol. The van der Waals surface area contributed by atoms with E-state index in [4.69, 9.17) is 0 Å². The summed E-state index contributed by atoms with van der Waals surface area (Å²) in [5.74, 6) is -0.179. The summed E-state index contributed by atoms with van der Waals surface area (Å²) in [4.78, 5) is 14.9. The lowest BCUT2D eigenvalue weighted by Gasteiger charge is -2.32. The number of hydrogen-bond donors (Lipinski definition) is 0. The van der Waals surface area contributed by atoms with Crippen molar-refractivity contribution in [2.45, 2.75) is 50.0 Å². The topological polar surface area (TPSA) is 20.3 Å². The Labute approximate surface area is 155 Å². The molecule has 2 aromatic carbocycles. The highest BCUT2D eigenvalue weighted by molar-refractivity contribution is 5.95. The van der Waals surface area contributed by atoms with Gasteiger partial charge in [-0.3, -0.25) is 9.69 Å². The highest BCUT2D eigenvalue weighted by Gasteiger charge is 2.46. The lowest BCUT2D eigenvalue weighted by molar-refractivity contribution is 0.0973. The van der Waals surface area contributed by atoms with E-state index < -0.39 is 0 Å². The van der Waals surface area contributed by atoms with Crippen LogP contribution in [0.25, 0.3) is 0 Å². The molecule has 2 fully saturated rings. The number of rotatable bonds is 6. The maximum atomic E-state index is 13.0. The van der Waals surface area contributed by atoms with Crippen LogP contribution in [0.15, 0.2) is 54.6 Å². The third-order valence-electron chi connectivity index (χ3n) is 6.24. The molecule has 3 heteroatoms. The first-order valence-electron chi connectivity index (χ1n) is 9.75. The highest BCUT2D eigenvalue weighted by Crippen LogP contribution is 2.47. The van der Waals surface area contributed by atoms with Crippen LogP contribution in [0.1, 0.15) is 54.4 Å². The molecular weight excluding hydrogens is 325 g/mol. The van der Waals surface area contributed by atoms with Gasteiger partial charge < -0.3 is 0 Å². The van der Waals surface area contributed by atoms with E-state index in [-0.39, 0.29) is 11.6 Å². The van der Waals surface area contributed by atoms with E-state index in [1.54, 1.807) is 12.1 Å². The first-order chi connectivity index (χ1) is 12.7. The van der Waals surface area contributed by atoms with Crippen molar-refractivity contribution in [1.82, 2.24) is 4.90 Å². The van der Waals surface area contributed by atoms with Gasteiger partial charge in [0.05, 0.1) is 0 Å². The molecule has 26 heavy (non-hydrogen) atoms. The van der Waals surface area contributed by atoms with Gasteiger partial charge in [0.15, 0.2) is 5.78 Å². The zero-order valence-corrected chi connectivity index (χ0v) is 15.2. The van der Waals surface area contributed by atoms with E-state index >= 15 is 0 Å². The van der Waals surface area contributed by atoms with Crippen LogP contribution < -0.4 is 0 Å². The zero-order chi connectivity index (χ0) is 18.0. The van der Waals surface area contributed by atoms with Crippen LogP contribution in [0.3, 0.4) is 0 Å². The van der Waals surface area contributed by atoms with E-state index in [1.807, 2.05) is 0 Å². The summed E-state index contributed by atoms with van der Waals surface area (Å²) < 4.78 is 13.0. The molecule has 0 spiro atoms. The Morgan fingerprint density at radius 2 is 1.88 bits per heavy atom. The van der Waals surface area contributed by atoms with Crippen molar-refractivity contribution in [2.75, 3.05) is 13.1 Å². The molecule has 1 aliphatic carbocycles. The number of carbonyl (C=O) groups excluding carboxylic acids is 1. The van der Waals surface area contributed by atoms with Gasteiger partial charge in [-0.25, -0.2) is 4.39 Å². The standard InChI is InChI=1S/C23H26FNO/c24-20-12-10-18(11-13-20)22(26)9-5-15-25-17-23(14-4-8-21(25)16-23)19-6-2-1-3-7-19/h1-3,6-7,10-13,21H,4-5,8-9,14-17H2. The van der Waals surface area contributed by atoms with Crippen molar-refractivity contribution in [3.8, 4) is 0 Å². The van der Waals surface area contributed by atoms with Crippen molar-refractivity contribution in [3.63, 3.8) is 0 Å². The normalized spacial score (nSPS) is 25.3. The van der Waals surface area contributed by atoms with E-state index in [1.165, 1.54) is 43.4 Å². The predicted octanol–water partition coefficient (Wildman–Crippen LogP) is 4.98. The monoisotopic (exact) mass is 351 g/mol. The smallest absolute Gasteiger partial charge is 0.162 e. The number of ketones is 1. The van der Waals surface area contributed by atoms with Gasteiger partial charge in [0.2, 0.25) is 0 Å². The average Bonchev–Trinajstić information content (AvgIpc) is 2.93. The van der Waals surface area contributed by atoms with E-state index in [0.717, 1.165) is 19.5 Å². The van der Waals surface area contributed by atoms with Crippen LogP contribution in [0, 0.1) is 5.82 Å². The second-order valence-electron chi connectivity index (χ2n) is 7.90. The van der Waals surface area contributed by atoms with E-state index in [2.05, 4.69) is 35.2 Å². The number of likely N-dealkylation sites (tertiary alicyclic amines) is 1. The van der Waals surface area contributed by atoms with E-state index in [9.17, 15) is 9.18 Å². The number of fused-ring (bicyclic) bond motifs is 2.